The van der Waals surface area contributed by atoms with Crippen molar-refractivity contribution in [2.24, 2.45) is 5.92 Å². The van der Waals surface area contributed by atoms with Gasteiger partial charge in [0.05, 0.1) is 13.2 Å². The van der Waals surface area contributed by atoms with Gasteiger partial charge in [-0.2, -0.15) is 0 Å². The molecule has 3 saturated heterocycles. The minimum absolute atomic E-state index is 0.0434. The molecule has 0 aromatic heterocycles. The lowest BCUT2D eigenvalue weighted by Crippen LogP contribution is -2.46. The zero-order chi connectivity index (χ0) is 17.8. The Balaban J connectivity index is 1.24. The number of piperidine rings is 1. The summed E-state index contributed by atoms with van der Waals surface area (Å²) in [6.45, 7) is 6.68. The van der Waals surface area contributed by atoms with E-state index >= 15 is 0 Å². The molecule has 3 aliphatic heterocycles. The van der Waals surface area contributed by atoms with Gasteiger partial charge in [-0.15, -0.1) is 0 Å². The maximum Gasteiger partial charge on any atom is 0.410 e. The summed E-state index contributed by atoms with van der Waals surface area (Å²) in [6.07, 6.45) is 1.73. The number of likely N-dealkylation sites (tertiary alicyclic amines) is 1. The lowest BCUT2D eigenvalue weighted by Gasteiger charge is -2.34. The third kappa shape index (κ3) is 4.55. The van der Waals surface area contributed by atoms with Crippen molar-refractivity contribution in [2.45, 2.75) is 31.5 Å². The summed E-state index contributed by atoms with van der Waals surface area (Å²) >= 11 is 0. The van der Waals surface area contributed by atoms with Crippen molar-refractivity contribution in [3.8, 4) is 0 Å². The first kappa shape index (κ1) is 17.8. The fourth-order valence-electron chi connectivity index (χ4n) is 4.11. The molecule has 0 radical (unpaired) electrons. The van der Waals surface area contributed by atoms with Crippen molar-refractivity contribution in [1.82, 2.24) is 15.1 Å². The number of benzene rings is 1. The molecule has 2 unspecified atom stereocenters. The van der Waals surface area contributed by atoms with Gasteiger partial charge >= 0.3 is 6.09 Å². The van der Waals surface area contributed by atoms with Crippen LogP contribution >= 0.6 is 0 Å². The van der Waals surface area contributed by atoms with Crippen LogP contribution < -0.4 is 5.32 Å². The van der Waals surface area contributed by atoms with Gasteiger partial charge in [0.2, 0.25) is 0 Å². The van der Waals surface area contributed by atoms with E-state index in [0.29, 0.717) is 19.1 Å². The van der Waals surface area contributed by atoms with Crippen molar-refractivity contribution in [1.29, 1.82) is 0 Å². The zero-order valence-electron chi connectivity index (χ0n) is 15.3. The molecule has 1 aromatic carbocycles. The maximum absolute atomic E-state index is 12.6. The quantitative estimate of drug-likeness (QED) is 0.890. The first-order valence-electron chi connectivity index (χ1n) is 9.79. The average molecular weight is 359 g/mol. The third-order valence-corrected chi connectivity index (χ3v) is 5.60. The first-order chi connectivity index (χ1) is 12.8. The molecule has 0 aliphatic carbocycles. The largest absolute Gasteiger partial charge is 0.446 e. The molecule has 142 valence electrons. The molecule has 0 saturated carbocycles. The molecule has 2 bridgehead atoms. The van der Waals surface area contributed by atoms with Gasteiger partial charge in [0.25, 0.3) is 0 Å². The number of amides is 1. The molecule has 0 spiro atoms. The first-order valence-corrected chi connectivity index (χ1v) is 9.79. The van der Waals surface area contributed by atoms with Crippen LogP contribution in [0, 0.1) is 5.92 Å². The van der Waals surface area contributed by atoms with Crippen molar-refractivity contribution >= 4 is 6.09 Å². The molecule has 26 heavy (non-hydrogen) atoms. The second-order valence-electron chi connectivity index (χ2n) is 7.76. The number of hydrogen-bond acceptors (Lipinski definition) is 5. The van der Waals surface area contributed by atoms with Gasteiger partial charge in [0, 0.05) is 51.2 Å². The molecule has 1 aromatic rings. The third-order valence-electron chi connectivity index (χ3n) is 5.60. The Morgan fingerprint density at radius 1 is 1.15 bits per heavy atom. The fraction of sp³-hybridized carbons (Fsp3) is 0.650. The van der Waals surface area contributed by atoms with Gasteiger partial charge in [0.1, 0.15) is 6.10 Å². The normalized spacial score (nSPS) is 27.8. The average Bonchev–Trinajstić information content (AvgIpc) is 2.99. The monoisotopic (exact) mass is 359 g/mol. The Hall–Kier alpha value is -1.63. The number of nitrogens with one attached hydrogen (secondary N) is 1. The number of carbonyl (C=O) groups excluding carboxylic acids is 1. The van der Waals surface area contributed by atoms with Gasteiger partial charge in [-0.05, 0) is 18.4 Å². The standard InChI is InChI=1S/C20H29N3O3/c24-20(23-12-17-10-21-18(13-23)15-25-14-17)26-19-6-8-22(9-7-19)11-16-4-2-1-3-5-16/h1-5,17-19,21H,6-15H2. The predicted octanol–water partition coefficient (Wildman–Crippen LogP) is 1.71. The molecule has 3 aliphatic rings. The summed E-state index contributed by atoms with van der Waals surface area (Å²) in [5, 5.41) is 3.48. The van der Waals surface area contributed by atoms with Crippen molar-refractivity contribution in [3.05, 3.63) is 35.9 Å². The van der Waals surface area contributed by atoms with Crippen molar-refractivity contribution < 1.29 is 14.3 Å². The number of ether oxygens (including phenoxy) is 2. The SMILES string of the molecule is O=C(OC1CCN(Cc2ccccc2)CC1)N1CC2CNC(COC2)C1. The molecular formula is C20H29N3O3. The van der Waals surface area contributed by atoms with E-state index in [9.17, 15) is 4.79 Å². The van der Waals surface area contributed by atoms with Gasteiger partial charge in [-0.3, -0.25) is 4.90 Å². The molecule has 4 rings (SSSR count). The molecule has 6 heteroatoms. The van der Waals surface area contributed by atoms with Crippen LogP contribution in [0.1, 0.15) is 18.4 Å². The van der Waals surface area contributed by atoms with E-state index in [2.05, 4.69) is 34.5 Å². The number of hydrogen-bond donors (Lipinski definition) is 1. The zero-order valence-corrected chi connectivity index (χ0v) is 15.3. The Kier molecular flexibility index (Phi) is 5.72. The van der Waals surface area contributed by atoms with Crippen molar-refractivity contribution in [3.63, 3.8) is 0 Å². The van der Waals surface area contributed by atoms with E-state index in [1.807, 2.05) is 11.0 Å². The highest BCUT2D eigenvalue weighted by Crippen LogP contribution is 2.19. The topological polar surface area (TPSA) is 54.0 Å². The van der Waals surface area contributed by atoms with E-state index in [1.165, 1.54) is 5.56 Å². The van der Waals surface area contributed by atoms with E-state index in [0.717, 1.165) is 52.2 Å². The highest BCUT2D eigenvalue weighted by atomic mass is 16.6. The van der Waals surface area contributed by atoms with E-state index in [4.69, 9.17) is 9.47 Å². The fourth-order valence-corrected chi connectivity index (χ4v) is 4.11. The van der Waals surface area contributed by atoms with E-state index < -0.39 is 0 Å². The Labute approximate surface area is 155 Å². The Morgan fingerprint density at radius 3 is 2.77 bits per heavy atom. The summed E-state index contributed by atoms with van der Waals surface area (Å²) in [6, 6.07) is 10.8. The number of fused-ring (bicyclic) bond motifs is 3. The van der Waals surface area contributed by atoms with Gasteiger partial charge < -0.3 is 19.7 Å². The summed E-state index contributed by atoms with van der Waals surface area (Å²) < 4.78 is 11.5. The van der Waals surface area contributed by atoms with Gasteiger partial charge in [0.15, 0.2) is 0 Å². The Bertz CT molecular complexity index is 575. The predicted molar refractivity (Wildman–Crippen MR) is 98.9 cm³/mol. The molecule has 3 heterocycles. The van der Waals surface area contributed by atoms with E-state index in [1.54, 1.807) is 0 Å². The molecule has 1 amide bonds. The van der Waals surface area contributed by atoms with Crippen LogP contribution in [0.4, 0.5) is 4.79 Å². The van der Waals surface area contributed by atoms with Crippen LogP contribution in [0.3, 0.4) is 0 Å². The van der Waals surface area contributed by atoms with Crippen LogP contribution in [-0.2, 0) is 16.0 Å². The summed E-state index contributed by atoms with van der Waals surface area (Å²) in [7, 11) is 0. The smallest absolute Gasteiger partial charge is 0.410 e. The Morgan fingerprint density at radius 2 is 1.96 bits per heavy atom. The highest BCUT2D eigenvalue weighted by molar-refractivity contribution is 5.68. The summed E-state index contributed by atoms with van der Waals surface area (Å²) in [5.41, 5.74) is 1.34. The summed E-state index contributed by atoms with van der Waals surface area (Å²) in [4.78, 5) is 17.0. The summed E-state index contributed by atoms with van der Waals surface area (Å²) in [5.74, 6) is 0.364. The molecule has 2 atom stereocenters. The van der Waals surface area contributed by atoms with Crippen LogP contribution in [-0.4, -0.2) is 74.0 Å². The molecule has 6 nitrogen and oxygen atoms in total. The van der Waals surface area contributed by atoms with Gasteiger partial charge in [-0.1, -0.05) is 30.3 Å². The second-order valence-corrected chi connectivity index (χ2v) is 7.76. The van der Waals surface area contributed by atoms with Crippen LogP contribution in [0.2, 0.25) is 0 Å². The number of carbonyl (C=O) groups is 1. The number of nitrogens with zero attached hydrogens (tertiary/aromatic N) is 2. The highest BCUT2D eigenvalue weighted by Gasteiger charge is 2.32. The minimum atomic E-state index is -0.146. The van der Waals surface area contributed by atoms with Gasteiger partial charge in [-0.25, -0.2) is 4.79 Å². The lowest BCUT2D eigenvalue weighted by molar-refractivity contribution is 0.0128. The van der Waals surface area contributed by atoms with Crippen LogP contribution in [0.25, 0.3) is 0 Å². The van der Waals surface area contributed by atoms with Crippen LogP contribution in [0.5, 0.6) is 0 Å². The maximum atomic E-state index is 12.6. The minimum Gasteiger partial charge on any atom is -0.446 e. The molecule has 1 N–H and O–H groups in total. The number of rotatable bonds is 3. The molecular weight excluding hydrogens is 330 g/mol. The van der Waals surface area contributed by atoms with E-state index in [-0.39, 0.29) is 18.2 Å². The van der Waals surface area contributed by atoms with Crippen molar-refractivity contribution in [2.75, 3.05) is 45.9 Å². The second kappa shape index (κ2) is 8.37. The lowest BCUT2D eigenvalue weighted by atomic mass is 10.1. The molecule has 3 fully saturated rings. The van der Waals surface area contributed by atoms with Crippen LogP contribution in [0.15, 0.2) is 30.3 Å².